The highest BCUT2D eigenvalue weighted by Gasteiger charge is 2.31. The molecule has 0 radical (unpaired) electrons. The molecule has 2 atom stereocenters. The summed E-state index contributed by atoms with van der Waals surface area (Å²) < 4.78 is 60.2. The monoisotopic (exact) mass is 1890 g/mol. The lowest BCUT2D eigenvalue weighted by Crippen LogP contribution is -2.30. The lowest BCUT2D eigenvalue weighted by molar-refractivity contribution is -0.156. The van der Waals surface area contributed by atoms with Gasteiger partial charge in [0.2, 0.25) is 0 Å². The second-order valence-electron chi connectivity index (χ2n) is 34.7. The number of carbonyl (C=O) groups excluding carboxylic acids is 8. The smallest absolute Gasteiger partial charge is 0.313 e. The zero-order valence-corrected chi connectivity index (χ0v) is 82.9. The third-order valence-corrected chi connectivity index (χ3v) is 22.0. The molecule has 2 saturated carbocycles. The fourth-order valence-electron chi connectivity index (χ4n) is 12.8. The SMILES string of the molecule is C#Cc1ccc(OC(=O)C(C)C)cc1.CC(C)C(=O)OC1CCCCC1.CC(C)C(=O)OC1CCCC[C@H]1c1ccccc1.CC(C)C(=O)OC1Cc2ccccc2C1.CC(C)C(=O)Oc1ccc(Cl)c(Cl)c1Cl.CC(C)C(=O)Oc1ccc2ccccc2c1.CC(C)C(=O)Oc1cccc2ccccc12.CCOCCOCCOCCn1cc(-c2ccc(OC(=O)C(C)C)cc2)nn1. The van der Waals surface area contributed by atoms with Crippen molar-refractivity contribution in [3.05, 3.63) is 244 Å². The number of carbonyl (C=O) groups is 8. The summed E-state index contributed by atoms with van der Waals surface area (Å²) in [6.07, 6.45) is 19.5. The Balaban J connectivity index is 0.000000238. The Hall–Kier alpha value is -11.3. The Morgan fingerprint density at radius 1 is 0.396 bits per heavy atom. The maximum Gasteiger partial charge on any atom is 0.313 e. The number of benzene rings is 9. The summed E-state index contributed by atoms with van der Waals surface area (Å²) in [5, 5.41) is 13.2. The second kappa shape index (κ2) is 60.1. The quantitative estimate of drug-likeness (QED) is 0.0110. The molecule has 25 heteroatoms. The molecule has 0 aliphatic heterocycles. The number of nitrogens with zero attached hydrogens (tertiary/aromatic N) is 3. The van der Waals surface area contributed by atoms with Crippen LogP contribution in [0.1, 0.15) is 204 Å². The molecule has 3 aliphatic carbocycles. The number of fused-ring (bicyclic) bond motifs is 3. The Morgan fingerprint density at radius 2 is 0.836 bits per heavy atom. The molecule has 720 valence electrons. The predicted molar refractivity (Wildman–Crippen MR) is 528 cm³/mol. The molecule has 0 amide bonds. The molecular weight excluding hydrogens is 1760 g/mol. The average Bonchev–Trinajstić information content (AvgIpc) is 1.41. The van der Waals surface area contributed by atoms with E-state index in [-0.39, 0.29) is 129 Å². The fourth-order valence-corrected chi connectivity index (χ4v) is 13.4. The molecule has 1 aromatic heterocycles. The molecule has 1 heterocycles. The number of rotatable bonds is 28. The van der Waals surface area contributed by atoms with Gasteiger partial charge in [-0.3, -0.25) is 38.4 Å². The molecule has 0 bridgehead atoms. The van der Waals surface area contributed by atoms with Crippen molar-refractivity contribution in [3.8, 4) is 52.3 Å². The first-order valence-electron chi connectivity index (χ1n) is 46.3. The van der Waals surface area contributed by atoms with Crippen molar-refractivity contribution in [1.29, 1.82) is 0 Å². The van der Waals surface area contributed by atoms with Gasteiger partial charge in [-0.1, -0.05) is 291 Å². The molecule has 0 saturated heterocycles. The molecule has 10 aromatic rings. The number of hydrogen-bond acceptors (Lipinski definition) is 21. The van der Waals surface area contributed by atoms with Gasteiger partial charge in [0, 0.05) is 41.9 Å². The predicted octanol–water partition coefficient (Wildman–Crippen LogP) is 24.6. The van der Waals surface area contributed by atoms with Crippen LogP contribution in [0.25, 0.3) is 32.8 Å². The van der Waals surface area contributed by atoms with Crippen LogP contribution in [0.5, 0.6) is 28.7 Å². The molecule has 13 rings (SSSR count). The third kappa shape index (κ3) is 40.5. The molecule has 134 heavy (non-hydrogen) atoms. The van der Waals surface area contributed by atoms with E-state index < -0.39 is 0 Å². The van der Waals surface area contributed by atoms with E-state index in [4.69, 9.17) is 93.3 Å². The molecule has 2 fully saturated rings. The van der Waals surface area contributed by atoms with Gasteiger partial charge in [0.05, 0.1) is 103 Å². The van der Waals surface area contributed by atoms with Crippen LogP contribution in [0, 0.1) is 59.7 Å². The van der Waals surface area contributed by atoms with Crippen LogP contribution >= 0.6 is 34.8 Å². The van der Waals surface area contributed by atoms with E-state index in [0.29, 0.717) is 80.1 Å². The summed E-state index contributed by atoms with van der Waals surface area (Å²) in [4.78, 5) is 91.5. The third-order valence-electron chi connectivity index (χ3n) is 20.8. The van der Waals surface area contributed by atoms with E-state index in [1.54, 1.807) is 82.6 Å². The van der Waals surface area contributed by atoms with Gasteiger partial charge in [-0.15, -0.1) is 11.5 Å². The van der Waals surface area contributed by atoms with Crippen LogP contribution in [0.2, 0.25) is 15.1 Å². The van der Waals surface area contributed by atoms with Crippen LogP contribution in [0.4, 0.5) is 0 Å². The molecule has 3 aliphatic rings. The lowest BCUT2D eigenvalue weighted by atomic mass is 9.81. The van der Waals surface area contributed by atoms with Crippen LogP contribution in [-0.4, -0.2) is 121 Å². The maximum absolute atomic E-state index is 11.8. The minimum absolute atomic E-state index is 0.0203. The van der Waals surface area contributed by atoms with Crippen LogP contribution in [0.15, 0.2) is 206 Å². The molecule has 1 unspecified atom stereocenters. The van der Waals surface area contributed by atoms with E-state index >= 15 is 0 Å². The van der Waals surface area contributed by atoms with Crippen molar-refractivity contribution in [2.24, 2.45) is 47.3 Å². The van der Waals surface area contributed by atoms with E-state index in [1.165, 1.54) is 60.9 Å². The van der Waals surface area contributed by atoms with E-state index in [2.05, 4.69) is 52.6 Å². The van der Waals surface area contributed by atoms with Crippen molar-refractivity contribution < 1.29 is 90.5 Å². The van der Waals surface area contributed by atoms with Crippen molar-refractivity contribution in [2.75, 3.05) is 39.6 Å². The Bertz CT molecular complexity index is 5270. The highest BCUT2D eigenvalue weighted by Crippen LogP contribution is 2.39. The fraction of sp³-hybridized carbons (Fsp3) is 0.431. The molecule has 22 nitrogen and oxygen atoms in total. The highest BCUT2D eigenvalue weighted by atomic mass is 35.5. The van der Waals surface area contributed by atoms with E-state index in [9.17, 15) is 38.4 Å². The number of terminal acetylenes is 1. The first kappa shape index (κ1) is 111. The van der Waals surface area contributed by atoms with Gasteiger partial charge in [-0.2, -0.15) is 0 Å². The average molecular weight is 1900 g/mol. The Kier molecular flexibility index (Phi) is 50.0. The van der Waals surface area contributed by atoms with E-state index in [1.807, 2.05) is 198 Å². The summed E-state index contributed by atoms with van der Waals surface area (Å²) in [7, 11) is 0. The molecule has 0 spiro atoms. The minimum Gasteiger partial charge on any atom is -0.462 e. The Morgan fingerprint density at radius 3 is 1.38 bits per heavy atom. The zero-order chi connectivity index (χ0) is 98.2. The number of aromatic nitrogens is 3. The van der Waals surface area contributed by atoms with Gasteiger partial charge in [-0.25, -0.2) is 4.68 Å². The summed E-state index contributed by atoms with van der Waals surface area (Å²) in [6, 6.07) is 63.1. The summed E-state index contributed by atoms with van der Waals surface area (Å²) in [6.45, 7) is 35.3. The molecular formula is C109H134Cl3N3O19. The van der Waals surface area contributed by atoms with E-state index in [0.717, 1.165) is 76.9 Å². The first-order chi connectivity index (χ1) is 64.0. The van der Waals surface area contributed by atoms with Crippen molar-refractivity contribution in [2.45, 2.75) is 219 Å². The standard InChI is InChI=1S/C20H29N3O5.C16H22O2.2C14H14O2.C13H16O2.C12H12O2.C10H9Cl3O2.C10H18O2/c1-4-25-11-12-27-14-13-26-10-9-23-15-19(21-22-23)17-5-7-18(8-6-17)28-20(24)16(2)3;1-12(2)16(17)18-15-11-7-6-10-14(15)13-8-4-3-5-9-13;1-10(2)14(15)16-13-9-5-7-11-6-3-4-8-12(11)13;1-10(2)14(15)16-13-8-7-11-5-3-4-6-12(11)9-13;1-9(2)13(14)15-12-7-10-5-3-4-6-11(10)8-12;1-4-10-5-7-11(8-6-10)14-12(13)9(2)3;1-5(2)10(14)15-7-4-3-6(11)8(12)9(7)13;1-8(2)10(11)12-9-6-4-3-5-7-9/h5-8,15-16H,4,9-14H2,1-3H3;3-5,8-9,12,14-15H,6-7,10-11H2,1-2H3;2*3-10H,1-2H3;3-6,9,12H,7-8H2,1-2H3;1,5-9H,2-3H3;3-5H,1-2H3;8-9H,3-7H2,1-2H3/t;14-,15?;;;;;;/m.0....../s1. The van der Waals surface area contributed by atoms with Crippen LogP contribution in [0.3, 0.4) is 0 Å². The van der Waals surface area contributed by atoms with Gasteiger partial charge in [-0.05, 0) is 164 Å². The van der Waals surface area contributed by atoms with Gasteiger partial charge in [0.1, 0.15) is 52.0 Å². The zero-order valence-electron chi connectivity index (χ0n) is 80.6. The highest BCUT2D eigenvalue weighted by molar-refractivity contribution is 6.48. The van der Waals surface area contributed by atoms with Crippen molar-refractivity contribution in [1.82, 2.24) is 15.0 Å². The number of hydrogen-bond donors (Lipinski definition) is 0. The van der Waals surface area contributed by atoms with Gasteiger partial charge < -0.3 is 52.1 Å². The maximum atomic E-state index is 11.8. The van der Waals surface area contributed by atoms with Crippen LogP contribution < -0.4 is 23.7 Å². The Labute approximate surface area is 806 Å². The molecule has 9 aromatic carbocycles. The number of esters is 8. The van der Waals surface area contributed by atoms with Crippen molar-refractivity contribution >= 4 is 104 Å². The van der Waals surface area contributed by atoms with Gasteiger partial charge >= 0.3 is 47.8 Å². The summed E-state index contributed by atoms with van der Waals surface area (Å²) in [5.74, 6) is 3.16. The van der Waals surface area contributed by atoms with Gasteiger partial charge in [0.25, 0.3) is 0 Å². The molecule has 0 N–H and O–H groups in total. The second-order valence-corrected chi connectivity index (χ2v) is 35.9. The normalized spacial score (nSPS) is 13.8. The largest absolute Gasteiger partial charge is 0.462 e. The lowest BCUT2D eigenvalue weighted by Gasteiger charge is -2.32. The topological polar surface area (TPSA) is 269 Å². The number of ether oxygens (including phenoxy) is 11. The number of halogens is 3. The van der Waals surface area contributed by atoms with Gasteiger partial charge in [0.15, 0.2) is 5.75 Å². The summed E-state index contributed by atoms with van der Waals surface area (Å²) >= 11 is 17.4. The summed E-state index contributed by atoms with van der Waals surface area (Å²) in [5.41, 5.74) is 6.37. The first-order valence-corrected chi connectivity index (χ1v) is 47.4. The van der Waals surface area contributed by atoms with Crippen molar-refractivity contribution in [3.63, 3.8) is 0 Å². The van der Waals surface area contributed by atoms with Crippen LogP contribution in [-0.2, 0) is 86.2 Å². The minimum atomic E-state index is -0.365.